The van der Waals surface area contributed by atoms with E-state index >= 15 is 0 Å². The summed E-state index contributed by atoms with van der Waals surface area (Å²) in [5.41, 5.74) is 3.62. The fourth-order valence-electron chi connectivity index (χ4n) is 3.34. The molecule has 0 unspecified atom stereocenters. The lowest BCUT2D eigenvalue weighted by Gasteiger charge is -2.19. The third-order valence-corrected chi connectivity index (χ3v) is 6.16. The molecule has 4 rings (SSSR count). The summed E-state index contributed by atoms with van der Waals surface area (Å²) in [6, 6.07) is 20.6. The number of methoxy groups -OCH3 is 1. The van der Waals surface area contributed by atoms with Crippen LogP contribution in [0.4, 0.5) is 0 Å². The number of aromatic nitrogens is 3. The van der Waals surface area contributed by atoms with Crippen molar-refractivity contribution in [3.8, 4) is 17.1 Å². The molecule has 2 heterocycles. The molecule has 0 atom stereocenters. The van der Waals surface area contributed by atoms with Gasteiger partial charge in [0.05, 0.1) is 19.9 Å². The maximum Gasteiger partial charge on any atom is 0.192 e. The van der Waals surface area contributed by atoms with Crippen LogP contribution in [0.2, 0.25) is 0 Å². The zero-order valence-electron chi connectivity index (χ0n) is 18.3. The SMILES string of the molecule is COc1cccc(CSc2nnc(-c3ccc(C(C)(C)C)cc3)n2Cc2ccco2)c1. The van der Waals surface area contributed by atoms with E-state index in [1.807, 2.05) is 30.3 Å². The molecule has 0 aliphatic rings. The Morgan fingerprint density at radius 1 is 1.00 bits per heavy atom. The van der Waals surface area contributed by atoms with Crippen molar-refractivity contribution in [1.82, 2.24) is 14.8 Å². The molecule has 5 nitrogen and oxygen atoms in total. The quantitative estimate of drug-likeness (QED) is 0.326. The second-order valence-corrected chi connectivity index (χ2v) is 9.38. The molecule has 31 heavy (non-hydrogen) atoms. The van der Waals surface area contributed by atoms with Gasteiger partial charge in [0.1, 0.15) is 11.5 Å². The van der Waals surface area contributed by atoms with Crippen molar-refractivity contribution in [3.05, 3.63) is 83.8 Å². The van der Waals surface area contributed by atoms with E-state index in [1.165, 1.54) is 11.1 Å². The highest BCUT2D eigenvalue weighted by Gasteiger charge is 2.18. The highest BCUT2D eigenvalue weighted by atomic mass is 32.2. The monoisotopic (exact) mass is 433 g/mol. The van der Waals surface area contributed by atoms with Crippen molar-refractivity contribution in [2.45, 2.75) is 43.6 Å². The molecule has 0 N–H and O–H groups in total. The molecular formula is C25H27N3O2S. The van der Waals surface area contributed by atoms with Gasteiger partial charge in [-0.2, -0.15) is 0 Å². The average molecular weight is 434 g/mol. The summed E-state index contributed by atoms with van der Waals surface area (Å²) in [5.74, 6) is 3.34. The predicted molar refractivity (Wildman–Crippen MR) is 125 cm³/mol. The minimum Gasteiger partial charge on any atom is -0.497 e. The van der Waals surface area contributed by atoms with E-state index in [-0.39, 0.29) is 5.41 Å². The molecule has 4 aromatic rings. The first kappa shape index (κ1) is 21.2. The summed E-state index contributed by atoms with van der Waals surface area (Å²) in [6.07, 6.45) is 1.69. The second kappa shape index (κ2) is 9.02. The number of hydrogen-bond donors (Lipinski definition) is 0. The maximum absolute atomic E-state index is 5.61. The summed E-state index contributed by atoms with van der Waals surface area (Å²) in [7, 11) is 1.68. The molecule has 0 amide bonds. The van der Waals surface area contributed by atoms with E-state index in [4.69, 9.17) is 9.15 Å². The molecular weight excluding hydrogens is 406 g/mol. The number of benzene rings is 2. The Morgan fingerprint density at radius 3 is 2.48 bits per heavy atom. The zero-order chi connectivity index (χ0) is 21.8. The van der Waals surface area contributed by atoms with Crippen LogP contribution in [-0.2, 0) is 17.7 Å². The van der Waals surface area contributed by atoms with Crippen molar-refractivity contribution in [2.24, 2.45) is 0 Å². The summed E-state index contributed by atoms with van der Waals surface area (Å²) in [4.78, 5) is 0. The van der Waals surface area contributed by atoms with Gasteiger partial charge >= 0.3 is 0 Å². The van der Waals surface area contributed by atoms with Gasteiger partial charge in [0.15, 0.2) is 11.0 Å². The lowest BCUT2D eigenvalue weighted by Crippen LogP contribution is -2.10. The first-order chi connectivity index (χ1) is 14.9. The van der Waals surface area contributed by atoms with Crippen LogP contribution in [-0.4, -0.2) is 21.9 Å². The summed E-state index contributed by atoms with van der Waals surface area (Å²) < 4.78 is 13.1. The smallest absolute Gasteiger partial charge is 0.192 e. The standard InChI is InChI=1S/C25H27N3O2S/c1-25(2,3)20-12-10-19(11-13-20)23-26-27-24(28(23)16-22-9-6-14-30-22)31-17-18-7-5-8-21(15-18)29-4/h5-15H,16-17H2,1-4H3. The van der Waals surface area contributed by atoms with Gasteiger partial charge < -0.3 is 9.15 Å². The van der Waals surface area contributed by atoms with E-state index in [0.29, 0.717) is 6.54 Å². The number of rotatable bonds is 7. The van der Waals surface area contributed by atoms with Gasteiger partial charge in [-0.25, -0.2) is 0 Å². The summed E-state index contributed by atoms with van der Waals surface area (Å²) in [5, 5.41) is 9.89. The minimum atomic E-state index is 0.109. The molecule has 0 aliphatic carbocycles. The lowest BCUT2D eigenvalue weighted by atomic mass is 9.87. The molecule has 0 fully saturated rings. The van der Waals surface area contributed by atoms with Gasteiger partial charge in [-0.05, 0) is 40.8 Å². The van der Waals surface area contributed by atoms with Gasteiger partial charge in [0.2, 0.25) is 0 Å². The zero-order valence-corrected chi connectivity index (χ0v) is 19.1. The predicted octanol–water partition coefficient (Wildman–Crippen LogP) is 6.18. The topological polar surface area (TPSA) is 53.1 Å². The molecule has 0 saturated heterocycles. The Bertz CT molecular complexity index is 1130. The number of ether oxygens (including phenoxy) is 1. The Kier molecular flexibility index (Phi) is 6.18. The van der Waals surface area contributed by atoms with Crippen LogP contribution in [0.1, 0.15) is 37.7 Å². The Hall–Kier alpha value is -2.99. The van der Waals surface area contributed by atoms with E-state index in [2.05, 4.69) is 65.9 Å². The Labute approximate surface area is 187 Å². The van der Waals surface area contributed by atoms with Gasteiger partial charge in [-0.15, -0.1) is 10.2 Å². The van der Waals surface area contributed by atoms with E-state index in [1.54, 1.807) is 25.1 Å². The molecule has 0 saturated carbocycles. The van der Waals surface area contributed by atoms with Crippen LogP contribution in [0.3, 0.4) is 0 Å². The molecule has 6 heteroatoms. The molecule has 0 bridgehead atoms. The molecule has 0 spiro atoms. The highest BCUT2D eigenvalue weighted by molar-refractivity contribution is 7.98. The van der Waals surface area contributed by atoms with Crippen LogP contribution in [0.15, 0.2) is 76.5 Å². The number of thioether (sulfide) groups is 1. The van der Waals surface area contributed by atoms with Crippen molar-refractivity contribution in [1.29, 1.82) is 0 Å². The van der Waals surface area contributed by atoms with Crippen LogP contribution in [0.5, 0.6) is 5.75 Å². The molecule has 0 radical (unpaired) electrons. The van der Waals surface area contributed by atoms with E-state index in [9.17, 15) is 0 Å². The summed E-state index contributed by atoms with van der Waals surface area (Å²) in [6.45, 7) is 7.23. The van der Waals surface area contributed by atoms with Gasteiger partial charge in [-0.3, -0.25) is 4.57 Å². The molecule has 160 valence electrons. The van der Waals surface area contributed by atoms with E-state index in [0.717, 1.165) is 33.8 Å². The van der Waals surface area contributed by atoms with Crippen molar-refractivity contribution in [3.63, 3.8) is 0 Å². The third kappa shape index (κ3) is 5.02. The number of nitrogens with zero attached hydrogens (tertiary/aromatic N) is 3. The van der Waals surface area contributed by atoms with E-state index < -0.39 is 0 Å². The van der Waals surface area contributed by atoms with Gasteiger partial charge in [-0.1, -0.05) is 68.9 Å². The lowest BCUT2D eigenvalue weighted by molar-refractivity contribution is 0.414. The molecule has 0 aliphatic heterocycles. The number of furan rings is 1. The van der Waals surface area contributed by atoms with Crippen molar-refractivity contribution >= 4 is 11.8 Å². The average Bonchev–Trinajstić information content (AvgIpc) is 3.42. The van der Waals surface area contributed by atoms with Crippen LogP contribution >= 0.6 is 11.8 Å². The van der Waals surface area contributed by atoms with Crippen LogP contribution in [0.25, 0.3) is 11.4 Å². The molecule has 2 aromatic carbocycles. The maximum atomic E-state index is 5.61. The number of hydrogen-bond acceptors (Lipinski definition) is 5. The normalized spacial score (nSPS) is 11.6. The molecule has 2 aromatic heterocycles. The second-order valence-electron chi connectivity index (χ2n) is 8.44. The fourth-order valence-corrected chi connectivity index (χ4v) is 4.22. The van der Waals surface area contributed by atoms with Crippen molar-refractivity contribution in [2.75, 3.05) is 7.11 Å². The van der Waals surface area contributed by atoms with Crippen LogP contribution in [0, 0.1) is 0 Å². The Morgan fingerprint density at radius 2 is 1.81 bits per heavy atom. The van der Waals surface area contributed by atoms with Crippen LogP contribution < -0.4 is 4.74 Å². The fraction of sp³-hybridized carbons (Fsp3) is 0.280. The third-order valence-electron chi connectivity index (χ3n) is 5.12. The first-order valence-electron chi connectivity index (χ1n) is 10.3. The largest absolute Gasteiger partial charge is 0.497 e. The minimum absolute atomic E-state index is 0.109. The van der Waals surface area contributed by atoms with Crippen molar-refractivity contribution < 1.29 is 9.15 Å². The van der Waals surface area contributed by atoms with Gasteiger partial charge in [0, 0.05) is 11.3 Å². The van der Waals surface area contributed by atoms with Gasteiger partial charge in [0.25, 0.3) is 0 Å². The Balaban J connectivity index is 1.63. The highest BCUT2D eigenvalue weighted by Crippen LogP contribution is 2.30. The first-order valence-corrected chi connectivity index (χ1v) is 11.2. The summed E-state index contributed by atoms with van der Waals surface area (Å²) >= 11 is 1.66.